The lowest BCUT2D eigenvalue weighted by atomic mass is 10.1. The van der Waals surface area contributed by atoms with Gasteiger partial charge in [-0.25, -0.2) is 0 Å². The summed E-state index contributed by atoms with van der Waals surface area (Å²) in [5.74, 6) is 1.17. The first-order valence-corrected chi connectivity index (χ1v) is 10.2. The van der Waals surface area contributed by atoms with Crippen molar-refractivity contribution in [2.45, 2.75) is 19.5 Å². The predicted molar refractivity (Wildman–Crippen MR) is 119 cm³/mol. The molecular formula is C23H31N3O4. The first-order chi connectivity index (χ1) is 14.5. The average molecular weight is 414 g/mol. The van der Waals surface area contributed by atoms with Gasteiger partial charge in [0, 0.05) is 49.2 Å². The molecule has 1 unspecified atom stereocenters. The molecule has 30 heavy (non-hydrogen) atoms. The summed E-state index contributed by atoms with van der Waals surface area (Å²) in [6.45, 7) is 5.83. The van der Waals surface area contributed by atoms with Crippen LogP contribution >= 0.6 is 0 Å². The summed E-state index contributed by atoms with van der Waals surface area (Å²) in [4.78, 5) is 17.3. The molecule has 1 aliphatic rings. The minimum absolute atomic E-state index is 0.0864. The second-order valence-corrected chi connectivity index (χ2v) is 7.41. The number of rotatable bonds is 8. The molecule has 7 nitrogen and oxygen atoms in total. The van der Waals surface area contributed by atoms with Crippen LogP contribution in [0.15, 0.2) is 42.5 Å². The van der Waals surface area contributed by atoms with Gasteiger partial charge < -0.3 is 24.4 Å². The lowest BCUT2D eigenvalue weighted by Gasteiger charge is -2.32. The third-order valence-corrected chi connectivity index (χ3v) is 5.42. The Balaban J connectivity index is 1.67. The van der Waals surface area contributed by atoms with E-state index >= 15 is 0 Å². The van der Waals surface area contributed by atoms with Crippen LogP contribution in [0.5, 0.6) is 11.5 Å². The van der Waals surface area contributed by atoms with Crippen molar-refractivity contribution >= 4 is 17.3 Å². The Labute approximate surface area is 178 Å². The number of para-hydroxylation sites is 1. The molecule has 162 valence electrons. The number of methoxy groups -OCH3 is 2. The monoisotopic (exact) mass is 413 g/mol. The number of ether oxygens (including phenoxy) is 3. The van der Waals surface area contributed by atoms with Crippen molar-refractivity contribution in [3.8, 4) is 11.5 Å². The molecule has 1 N–H and O–H groups in total. The minimum Gasteiger partial charge on any atom is -0.497 e. The minimum atomic E-state index is -0.319. The van der Waals surface area contributed by atoms with Crippen LogP contribution in [0.1, 0.15) is 12.5 Å². The highest BCUT2D eigenvalue weighted by atomic mass is 16.5. The number of nitrogens with one attached hydrogen (secondary N) is 1. The maximum atomic E-state index is 12.9. The van der Waals surface area contributed by atoms with Crippen molar-refractivity contribution in [3.63, 3.8) is 0 Å². The third-order valence-electron chi connectivity index (χ3n) is 5.42. The number of hydrogen-bond donors (Lipinski definition) is 1. The lowest BCUT2D eigenvalue weighted by Crippen LogP contribution is -2.40. The molecule has 1 saturated heterocycles. The van der Waals surface area contributed by atoms with E-state index in [1.165, 1.54) is 11.3 Å². The number of carbonyl (C=O) groups is 1. The summed E-state index contributed by atoms with van der Waals surface area (Å²) in [6, 6.07) is 13.4. The fourth-order valence-corrected chi connectivity index (χ4v) is 3.49. The second-order valence-electron chi connectivity index (χ2n) is 7.41. The summed E-state index contributed by atoms with van der Waals surface area (Å²) in [7, 11) is 5.14. The van der Waals surface area contributed by atoms with Crippen molar-refractivity contribution in [1.29, 1.82) is 0 Å². The molecule has 3 rings (SSSR count). The van der Waals surface area contributed by atoms with Gasteiger partial charge in [0.15, 0.2) is 0 Å². The number of morpholine rings is 1. The van der Waals surface area contributed by atoms with E-state index < -0.39 is 0 Å². The van der Waals surface area contributed by atoms with Crippen LogP contribution in [0.3, 0.4) is 0 Å². The zero-order chi connectivity index (χ0) is 21.5. The molecule has 0 bridgehead atoms. The topological polar surface area (TPSA) is 63.3 Å². The molecule has 0 spiro atoms. The summed E-state index contributed by atoms with van der Waals surface area (Å²) in [5, 5.41) is 2.97. The molecule has 2 aromatic carbocycles. The van der Waals surface area contributed by atoms with Crippen LogP contribution in [0, 0.1) is 0 Å². The number of benzene rings is 2. The Bertz CT molecular complexity index is 830. The van der Waals surface area contributed by atoms with Gasteiger partial charge in [0.05, 0.1) is 33.5 Å². The number of carbonyl (C=O) groups excluding carboxylic acids is 1. The smallest absolute Gasteiger partial charge is 0.241 e. The molecule has 0 aliphatic carbocycles. The van der Waals surface area contributed by atoms with Crippen LogP contribution in [0.4, 0.5) is 11.4 Å². The van der Waals surface area contributed by atoms with Crippen molar-refractivity contribution in [3.05, 3.63) is 48.0 Å². The van der Waals surface area contributed by atoms with Crippen LogP contribution in [0.25, 0.3) is 0 Å². The lowest BCUT2D eigenvalue weighted by molar-refractivity contribution is -0.120. The Morgan fingerprint density at radius 3 is 2.40 bits per heavy atom. The zero-order valence-electron chi connectivity index (χ0n) is 18.2. The molecule has 1 atom stereocenters. The van der Waals surface area contributed by atoms with Gasteiger partial charge >= 0.3 is 0 Å². The van der Waals surface area contributed by atoms with Crippen molar-refractivity contribution in [1.82, 2.24) is 4.90 Å². The van der Waals surface area contributed by atoms with Crippen LogP contribution < -0.4 is 19.7 Å². The van der Waals surface area contributed by atoms with E-state index in [9.17, 15) is 4.79 Å². The summed E-state index contributed by atoms with van der Waals surface area (Å²) < 4.78 is 16.0. The second kappa shape index (κ2) is 10.3. The molecule has 2 aromatic rings. The maximum absolute atomic E-state index is 12.9. The molecular weight excluding hydrogens is 382 g/mol. The average Bonchev–Trinajstić information content (AvgIpc) is 2.79. The number of amides is 1. The Hall–Kier alpha value is -2.77. The molecule has 7 heteroatoms. The number of hydrogen-bond acceptors (Lipinski definition) is 6. The van der Waals surface area contributed by atoms with Crippen molar-refractivity contribution in [2.75, 3.05) is 57.8 Å². The molecule has 1 fully saturated rings. The van der Waals surface area contributed by atoms with Gasteiger partial charge in [-0.2, -0.15) is 0 Å². The van der Waals surface area contributed by atoms with E-state index in [2.05, 4.69) is 28.4 Å². The van der Waals surface area contributed by atoms with E-state index in [1.54, 1.807) is 32.4 Å². The van der Waals surface area contributed by atoms with Gasteiger partial charge in [-0.1, -0.05) is 18.2 Å². The fraction of sp³-hybridized carbons (Fsp3) is 0.435. The van der Waals surface area contributed by atoms with Gasteiger partial charge in [-0.05, 0) is 25.6 Å². The zero-order valence-corrected chi connectivity index (χ0v) is 18.2. The highest BCUT2D eigenvalue weighted by Crippen LogP contribution is 2.26. The summed E-state index contributed by atoms with van der Waals surface area (Å²) in [6.07, 6.45) is 0. The standard InChI is InChI=1S/C23H31N3O4/c1-17(23(27)24-19-13-20(28-3)15-21(14-19)29-4)25(2)16-18-7-5-6-8-22(18)26-9-11-30-12-10-26/h5-8,13-15,17H,9-12,16H2,1-4H3,(H,24,27). The quantitative estimate of drug-likeness (QED) is 0.718. The van der Waals surface area contributed by atoms with E-state index in [4.69, 9.17) is 14.2 Å². The van der Waals surface area contributed by atoms with Gasteiger partial charge in [-0.3, -0.25) is 9.69 Å². The summed E-state index contributed by atoms with van der Waals surface area (Å²) in [5.41, 5.74) is 3.05. The normalized spacial score (nSPS) is 15.0. The highest BCUT2D eigenvalue weighted by molar-refractivity contribution is 5.94. The Morgan fingerprint density at radius 1 is 1.13 bits per heavy atom. The van der Waals surface area contributed by atoms with E-state index in [0.717, 1.165) is 26.3 Å². The van der Waals surface area contributed by atoms with Gasteiger partial charge in [0.1, 0.15) is 11.5 Å². The van der Waals surface area contributed by atoms with Crippen LogP contribution in [-0.2, 0) is 16.1 Å². The van der Waals surface area contributed by atoms with Gasteiger partial charge in [-0.15, -0.1) is 0 Å². The Morgan fingerprint density at radius 2 is 1.77 bits per heavy atom. The number of likely N-dealkylation sites (N-methyl/N-ethyl adjacent to an activating group) is 1. The van der Waals surface area contributed by atoms with Gasteiger partial charge in [0.25, 0.3) is 0 Å². The van der Waals surface area contributed by atoms with Crippen LogP contribution in [0.2, 0.25) is 0 Å². The molecule has 0 saturated carbocycles. The van der Waals surface area contributed by atoms with E-state index in [1.807, 2.05) is 24.9 Å². The maximum Gasteiger partial charge on any atom is 0.241 e. The van der Waals surface area contributed by atoms with Crippen LogP contribution in [-0.4, -0.2) is 64.4 Å². The van der Waals surface area contributed by atoms with E-state index in [-0.39, 0.29) is 11.9 Å². The van der Waals surface area contributed by atoms with Crippen molar-refractivity contribution < 1.29 is 19.0 Å². The molecule has 1 aliphatic heterocycles. The molecule has 1 heterocycles. The van der Waals surface area contributed by atoms with E-state index in [0.29, 0.717) is 23.7 Å². The third kappa shape index (κ3) is 5.43. The summed E-state index contributed by atoms with van der Waals surface area (Å²) >= 11 is 0. The number of anilines is 2. The fourth-order valence-electron chi connectivity index (χ4n) is 3.49. The first-order valence-electron chi connectivity index (χ1n) is 10.2. The molecule has 0 aromatic heterocycles. The SMILES string of the molecule is COc1cc(NC(=O)C(C)N(C)Cc2ccccc2N2CCOCC2)cc(OC)c1. The van der Waals surface area contributed by atoms with Gasteiger partial charge in [0.2, 0.25) is 5.91 Å². The largest absolute Gasteiger partial charge is 0.497 e. The highest BCUT2D eigenvalue weighted by Gasteiger charge is 2.21. The first kappa shape index (κ1) is 21.9. The van der Waals surface area contributed by atoms with Crippen molar-refractivity contribution in [2.24, 2.45) is 0 Å². The molecule has 0 radical (unpaired) electrons. The predicted octanol–water partition coefficient (Wildman–Crippen LogP) is 3.00. The Kier molecular flexibility index (Phi) is 7.54. The number of nitrogens with zero attached hydrogens (tertiary/aromatic N) is 2. The molecule has 1 amide bonds.